The van der Waals surface area contributed by atoms with E-state index in [2.05, 4.69) is 9.62 Å². The van der Waals surface area contributed by atoms with Gasteiger partial charge in [-0.2, -0.15) is 0 Å². The molecule has 6 nitrogen and oxygen atoms in total. The summed E-state index contributed by atoms with van der Waals surface area (Å²) in [6.45, 7) is 8.88. The highest BCUT2D eigenvalue weighted by Crippen LogP contribution is 2.13. The SMILES string of the molecule is Cc1ccc(CS(=O)(=O)N[C@H](CC(C)C)C(=O)N2CCN(C)CC2)cc1. The lowest BCUT2D eigenvalue weighted by Crippen LogP contribution is -2.54. The van der Waals surface area contributed by atoms with Gasteiger partial charge in [0.15, 0.2) is 0 Å². The third-order valence-corrected chi connectivity index (χ3v) is 5.98. The zero-order valence-electron chi connectivity index (χ0n) is 16.2. The van der Waals surface area contributed by atoms with Gasteiger partial charge in [-0.3, -0.25) is 4.79 Å². The Morgan fingerprint density at radius 2 is 1.69 bits per heavy atom. The van der Waals surface area contributed by atoms with Gasteiger partial charge in [0, 0.05) is 26.2 Å². The van der Waals surface area contributed by atoms with Crippen molar-refractivity contribution in [3.63, 3.8) is 0 Å². The molecule has 0 radical (unpaired) electrons. The van der Waals surface area contributed by atoms with Gasteiger partial charge in [0.1, 0.15) is 6.04 Å². The third-order valence-electron chi connectivity index (χ3n) is 4.62. The van der Waals surface area contributed by atoms with Crippen LogP contribution in [0, 0.1) is 12.8 Å². The minimum atomic E-state index is -3.59. The van der Waals surface area contributed by atoms with Crippen molar-refractivity contribution in [2.75, 3.05) is 33.2 Å². The fourth-order valence-electron chi connectivity index (χ4n) is 3.08. The smallest absolute Gasteiger partial charge is 0.240 e. The molecule has 0 bridgehead atoms. The molecular formula is C19H31N3O3S. The Hall–Kier alpha value is -1.44. The van der Waals surface area contributed by atoms with Gasteiger partial charge in [-0.1, -0.05) is 43.7 Å². The fraction of sp³-hybridized carbons (Fsp3) is 0.632. The normalized spacial score (nSPS) is 17.5. The monoisotopic (exact) mass is 381 g/mol. The molecule has 0 aromatic heterocycles. The van der Waals surface area contributed by atoms with Gasteiger partial charge in [-0.05, 0) is 31.9 Å². The molecule has 7 heteroatoms. The zero-order valence-corrected chi connectivity index (χ0v) is 17.1. The summed E-state index contributed by atoms with van der Waals surface area (Å²) in [5.74, 6) is -0.00415. The van der Waals surface area contributed by atoms with Crippen molar-refractivity contribution >= 4 is 15.9 Å². The number of carbonyl (C=O) groups is 1. The molecule has 0 unspecified atom stereocenters. The molecular weight excluding hydrogens is 350 g/mol. The van der Waals surface area contributed by atoms with Crippen molar-refractivity contribution in [1.29, 1.82) is 0 Å². The first-order chi connectivity index (χ1) is 12.2. The number of rotatable bonds is 7. The molecule has 1 aromatic rings. The largest absolute Gasteiger partial charge is 0.339 e. The predicted molar refractivity (Wildman–Crippen MR) is 104 cm³/mol. The highest BCUT2D eigenvalue weighted by molar-refractivity contribution is 7.88. The van der Waals surface area contributed by atoms with Gasteiger partial charge < -0.3 is 9.80 Å². The van der Waals surface area contributed by atoms with Crippen LogP contribution in [0.5, 0.6) is 0 Å². The third kappa shape index (κ3) is 6.37. The molecule has 1 fully saturated rings. The number of hydrogen-bond donors (Lipinski definition) is 1. The predicted octanol–water partition coefficient (Wildman–Crippen LogP) is 1.60. The van der Waals surface area contributed by atoms with Crippen LogP contribution in [-0.2, 0) is 20.6 Å². The molecule has 0 saturated carbocycles. The number of hydrogen-bond acceptors (Lipinski definition) is 4. The summed E-state index contributed by atoms with van der Waals surface area (Å²) in [5.41, 5.74) is 1.81. The Morgan fingerprint density at radius 3 is 2.23 bits per heavy atom. The molecule has 0 aliphatic carbocycles. The number of aryl methyl sites for hydroxylation is 1. The van der Waals surface area contributed by atoms with Crippen molar-refractivity contribution < 1.29 is 13.2 Å². The number of piperazine rings is 1. The molecule has 26 heavy (non-hydrogen) atoms. The molecule has 1 aliphatic rings. The van der Waals surface area contributed by atoms with E-state index in [0.29, 0.717) is 19.5 Å². The van der Waals surface area contributed by atoms with E-state index in [-0.39, 0.29) is 17.6 Å². The fourth-order valence-corrected chi connectivity index (χ4v) is 4.43. The lowest BCUT2D eigenvalue weighted by atomic mass is 10.0. The molecule has 1 aromatic carbocycles. The van der Waals surface area contributed by atoms with E-state index < -0.39 is 16.1 Å². The van der Waals surface area contributed by atoms with Crippen LogP contribution in [0.3, 0.4) is 0 Å². The summed E-state index contributed by atoms with van der Waals surface area (Å²) in [6, 6.07) is 6.72. The Balaban J connectivity index is 2.07. The van der Waals surface area contributed by atoms with Crippen molar-refractivity contribution in [3.8, 4) is 0 Å². The standard InChI is InChI=1S/C19H31N3O3S/c1-15(2)13-18(19(23)22-11-9-21(4)10-12-22)20-26(24,25)14-17-7-5-16(3)6-8-17/h5-8,15,18,20H,9-14H2,1-4H3/t18-/m1/s1. The average molecular weight is 382 g/mol. The highest BCUT2D eigenvalue weighted by atomic mass is 32.2. The maximum Gasteiger partial charge on any atom is 0.240 e. The summed E-state index contributed by atoms with van der Waals surface area (Å²) in [7, 11) is -1.57. The maximum absolute atomic E-state index is 12.9. The molecule has 1 heterocycles. The van der Waals surface area contributed by atoms with Gasteiger partial charge in [0.2, 0.25) is 15.9 Å². The second-order valence-corrected chi connectivity index (χ2v) is 9.43. The molecule has 1 amide bonds. The molecule has 1 saturated heterocycles. The maximum atomic E-state index is 12.9. The van der Waals surface area contributed by atoms with Crippen LogP contribution >= 0.6 is 0 Å². The first kappa shape index (κ1) is 20.9. The van der Waals surface area contributed by atoms with Gasteiger partial charge >= 0.3 is 0 Å². The lowest BCUT2D eigenvalue weighted by molar-refractivity contribution is -0.135. The van der Waals surface area contributed by atoms with Crippen LogP contribution in [0.4, 0.5) is 0 Å². The molecule has 146 valence electrons. The van der Waals surface area contributed by atoms with Crippen molar-refractivity contribution in [3.05, 3.63) is 35.4 Å². The first-order valence-corrected chi connectivity index (χ1v) is 10.8. The second-order valence-electron chi connectivity index (χ2n) is 7.67. The van der Waals surface area contributed by atoms with E-state index in [1.807, 2.05) is 52.1 Å². The Bertz CT molecular complexity index is 693. The Morgan fingerprint density at radius 1 is 1.12 bits per heavy atom. The van der Waals surface area contributed by atoms with E-state index in [1.165, 1.54) is 0 Å². The summed E-state index contributed by atoms with van der Waals surface area (Å²) < 4.78 is 27.9. The van der Waals surface area contributed by atoms with Crippen LogP contribution in [0.2, 0.25) is 0 Å². The zero-order chi connectivity index (χ0) is 19.3. The summed E-state index contributed by atoms with van der Waals surface area (Å²) in [5, 5.41) is 0. The highest BCUT2D eigenvalue weighted by Gasteiger charge is 2.30. The molecule has 0 spiro atoms. The minimum absolute atomic E-state index is 0.112. The van der Waals surface area contributed by atoms with E-state index >= 15 is 0 Å². The van der Waals surface area contributed by atoms with Crippen molar-refractivity contribution in [2.24, 2.45) is 5.92 Å². The quantitative estimate of drug-likeness (QED) is 0.779. The summed E-state index contributed by atoms with van der Waals surface area (Å²) in [4.78, 5) is 16.8. The molecule has 1 atom stereocenters. The van der Waals surface area contributed by atoms with E-state index in [0.717, 1.165) is 24.2 Å². The van der Waals surface area contributed by atoms with Crippen LogP contribution < -0.4 is 4.72 Å². The topological polar surface area (TPSA) is 69.7 Å². The number of carbonyl (C=O) groups excluding carboxylic acids is 1. The van der Waals surface area contributed by atoms with Crippen molar-refractivity contribution in [1.82, 2.24) is 14.5 Å². The molecule has 2 rings (SSSR count). The number of amides is 1. The summed E-state index contributed by atoms with van der Waals surface area (Å²) >= 11 is 0. The second kappa shape index (κ2) is 8.97. The van der Waals surface area contributed by atoms with Gasteiger partial charge in [-0.15, -0.1) is 0 Å². The van der Waals surface area contributed by atoms with Gasteiger partial charge in [0.05, 0.1) is 5.75 Å². The van der Waals surface area contributed by atoms with E-state index in [4.69, 9.17) is 0 Å². The Labute approximate surface area is 157 Å². The average Bonchev–Trinajstić information content (AvgIpc) is 2.55. The molecule has 1 aliphatic heterocycles. The Kier molecular flexibility index (Phi) is 7.20. The number of likely N-dealkylation sites (N-methyl/N-ethyl adjacent to an activating group) is 1. The van der Waals surface area contributed by atoms with E-state index in [9.17, 15) is 13.2 Å². The first-order valence-electron chi connectivity index (χ1n) is 9.19. The number of benzene rings is 1. The lowest BCUT2D eigenvalue weighted by Gasteiger charge is -2.35. The van der Waals surface area contributed by atoms with Crippen LogP contribution in [0.25, 0.3) is 0 Å². The van der Waals surface area contributed by atoms with Crippen LogP contribution in [-0.4, -0.2) is 63.4 Å². The van der Waals surface area contributed by atoms with Crippen LogP contribution in [0.15, 0.2) is 24.3 Å². The number of sulfonamides is 1. The number of nitrogens with zero attached hydrogens (tertiary/aromatic N) is 2. The van der Waals surface area contributed by atoms with Crippen LogP contribution in [0.1, 0.15) is 31.4 Å². The van der Waals surface area contributed by atoms with Gasteiger partial charge in [0.25, 0.3) is 0 Å². The molecule has 1 N–H and O–H groups in total. The van der Waals surface area contributed by atoms with Crippen molar-refractivity contribution in [2.45, 2.75) is 39.0 Å². The number of nitrogens with one attached hydrogen (secondary N) is 1. The van der Waals surface area contributed by atoms with E-state index in [1.54, 1.807) is 4.90 Å². The minimum Gasteiger partial charge on any atom is -0.339 e. The summed E-state index contributed by atoms with van der Waals surface area (Å²) in [6.07, 6.45) is 0.498. The van der Waals surface area contributed by atoms with Gasteiger partial charge in [-0.25, -0.2) is 13.1 Å².